The Morgan fingerprint density at radius 1 is 0.938 bits per heavy atom. The Balaban J connectivity index is 1.69. The Kier molecular flexibility index (Phi) is 6.77. The van der Waals surface area contributed by atoms with Gasteiger partial charge < -0.3 is 15.4 Å². The lowest BCUT2D eigenvalue weighted by atomic mass is 10.2. The number of halogens is 6. The first-order chi connectivity index (χ1) is 15.1. The fourth-order valence-electron chi connectivity index (χ4n) is 2.55. The summed E-state index contributed by atoms with van der Waals surface area (Å²) in [4.78, 5) is 12.1. The number of urea groups is 1. The number of amides is 2. The van der Waals surface area contributed by atoms with E-state index >= 15 is 0 Å². The Morgan fingerprint density at radius 2 is 1.62 bits per heavy atom. The van der Waals surface area contributed by atoms with E-state index in [2.05, 4.69) is 10.6 Å². The number of carbonyl (C=O) groups is 1. The van der Waals surface area contributed by atoms with Crippen molar-refractivity contribution in [1.29, 1.82) is 5.26 Å². The molecule has 0 bridgehead atoms. The highest BCUT2D eigenvalue weighted by Gasteiger charge is 2.33. The first-order valence-electron chi connectivity index (χ1n) is 8.68. The molecule has 0 heterocycles. The van der Waals surface area contributed by atoms with Gasteiger partial charge >= 0.3 is 12.2 Å². The molecular formula is C21H11Cl2F4N3O2. The molecule has 0 atom stereocenters. The van der Waals surface area contributed by atoms with Crippen molar-refractivity contribution < 1.29 is 27.1 Å². The average Bonchev–Trinajstić information content (AvgIpc) is 2.71. The summed E-state index contributed by atoms with van der Waals surface area (Å²) in [5.74, 6) is -0.513. The number of hydrogen-bond acceptors (Lipinski definition) is 3. The lowest BCUT2D eigenvalue weighted by Crippen LogP contribution is -2.20. The van der Waals surface area contributed by atoms with E-state index in [0.29, 0.717) is 6.07 Å². The Bertz CT molecular complexity index is 1230. The van der Waals surface area contributed by atoms with E-state index in [0.717, 1.165) is 12.1 Å². The van der Waals surface area contributed by atoms with Gasteiger partial charge in [-0.15, -0.1) is 0 Å². The van der Waals surface area contributed by atoms with Gasteiger partial charge in [0.05, 0.1) is 26.9 Å². The van der Waals surface area contributed by atoms with Gasteiger partial charge in [-0.25, -0.2) is 9.18 Å². The standard InChI is InChI=1S/C21H11Cl2F4N3O2/c22-16-5-2-12(7-15(16)21(25,26)27)29-20(31)30-19-6-4-14(9-18(19)24)32-13-3-1-11(10-28)17(23)8-13/h1-9H,(H2,29,30,31). The van der Waals surface area contributed by atoms with Crippen molar-refractivity contribution in [2.24, 2.45) is 0 Å². The van der Waals surface area contributed by atoms with E-state index in [4.69, 9.17) is 33.2 Å². The van der Waals surface area contributed by atoms with Crippen LogP contribution in [0.15, 0.2) is 54.6 Å². The van der Waals surface area contributed by atoms with Crippen molar-refractivity contribution in [1.82, 2.24) is 0 Å². The second kappa shape index (κ2) is 9.34. The number of benzene rings is 3. The molecule has 0 fully saturated rings. The van der Waals surface area contributed by atoms with Crippen molar-refractivity contribution in [3.05, 3.63) is 81.6 Å². The molecule has 164 valence electrons. The summed E-state index contributed by atoms with van der Waals surface area (Å²) in [6.45, 7) is 0. The number of nitriles is 1. The predicted molar refractivity (Wildman–Crippen MR) is 112 cm³/mol. The molecule has 0 radical (unpaired) electrons. The third-order valence-corrected chi connectivity index (χ3v) is 4.66. The number of hydrogen-bond donors (Lipinski definition) is 2. The van der Waals surface area contributed by atoms with Crippen LogP contribution in [0.25, 0.3) is 0 Å². The summed E-state index contributed by atoms with van der Waals surface area (Å²) in [6, 6.07) is 11.6. The lowest BCUT2D eigenvalue weighted by molar-refractivity contribution is -0.137. The minimum Gasteiger partial charge on any atom is -0.457 e. The summed E-state index contributed by atoms with van der Waals surface area (Å²) in [6.07, 6.45) is -4.70. The number of anilines is 2. The summed E-state index contributed by atoms with van der Waals surface area (Å²) in [5.41, 5.74) is -1.29. The van der Waals surface area contributed by atoms with Gasteiger partial charge in [0.15, 0.2) is 0 Å². The highest BCUT2D eigenvalue weighted by atomic mass is 35.5. The Labute approximate surface area is 189 Å². The van der Waals surface area contributed by atoms with Crippen LogP contribution < -0.4 is 15.4 Å². The number of alkyl halides is 3. The molecule has 0 saturated heterocycles. The molecule has 0 aliphatic rings. The SMILES string of the molecule is N#Cc1ccc(Oc2ccc(NC(=O)Nc3ccc(Cl)c(C(F)(F)F)c3)c(F)c2)cc1Cl. The van der Waals surface area contributed by atoms with E-state index in [1.165, 1.54) is 36.4 Å². The minimum absolute atomic E-state index is 0.0850. The summed E-state index contributed by atoms with van der Waals surface area (Å²) in [5, 5.41) is 12.9. The van der Waals surface area contributed by atoms with Crippen molar-refractivity contribution in [3.8, 4) is 17.6 Å². The Hall–Kier alpha value is -3.48. The van der Waals surface area contributed by atoms with Gasteiger partial charge in [0, 0.05) is 17.8 Å². The van der Waals surface area contributed by atoms with Crippen LogP contribution in [-0.4, -0.2) is 6.03 Å². The van der Waals surface area contributed by atoms with Crippen molar-refractivity contribution >= 4 is 40.6 Å². The normalized spacial score (nSPS) is 10.9. The molecule has 5 nitrogen and oxygen atoms in total. The molecule has 0 aliphatic heterocycles. The van der Waals surface area contributed by atoms with Crippen LogP contribution in [0.4, 0.5) is 33.7 Å². The van der Waals surface area contributed by atoms with Crippen LogP contribution in [0.3, 0.4) is 0 Å². The molecule has 11 heteroatoms. The molecular weight excluding hydrogens is 473 g/mol. The lowest BCUT2D eigenvalue weighted by Gasteiger charge is -2.13. The number of carbonyl (C=O) groups excluding carboxylic acids is 1. The molecule has 3 rings (SSSR count). The Morgan fingerprint density at radius 3 is 2.25 bits per heavy atom. The number of ether oxygens (including phenoxy) is 1. The van der Waals surface area contributed by atoms with E-state index in [1.807, 2.05) is 6.07 Å². The molecule has 2 amide bonds. The van der Waals surface area contributed by atoms with Crippen molar-refractivity contribution in [2.45, 2.75) is 6.18 Å². The number of rotatable bonds is 4. The van der Waals surface area contributed by atoms with E-state index < -0.39 is 28.6 Å². The van der Waals surface area contributed by atoms with Crippen molar-refractivity contribution in [3.63, 3.8) is 0 Å². The maximum absolute atomic E-state index is 14.4. The van der Waals surface area contributed by atoms with Gasteiger partial charge in [0.25, 0.3) is 0 Å². The van der Waals surface area contributed by atoms with E-state index in [1.54, 1.807) is 0 Å². The summed E-state index contributed by atoms with van der Waals surface area (Å²) in [7, 11) is 0. The number of nitrogens with zero attached hydrogens (tertiary/aromatic N) is 1. The zero-order chi connectivity index (χ0) is 23.5. The van der Waals surface area contributed by atoms with Gasteiger partial charge in [-0.3, -0.25) is 0 Å². The molecule has 0 aliphatic carbocycles. The van der Waals surface area contributed by atoms with Crippen molar-refractivity contribution in [2.75, 3.05) is 10.6 Å². The van der Waals surface area contributed by atoms with Gasteiger partial charge in [-0.2, -0.15) is 18.4 Å². The first-order valence-corrected chi connectivity index (χ1v) is 9.44. The highest BCUT2D eigenvalue weighted by molar-refractivity contribution is 6.32. The quantitative estimate of drug-likeness (QED) is 0.378. The van der Waals surface area contributed by atoms with E-state index in [-0.39, 0.29) is 33.5 Å². The van der Waals surface area contributed by atoms with Crippen LogP contribution in [0.5, 0.6) is 11.5 Å². The zero-order valence-electron chi connectivity index (χ0n) is 15.7. The fourth-order valence-corrected chi connectivity index (χ4v) is 2.99. The monoisotopic (exact) mass is 483 g/mol. The third kappa shape index (κ3) is 5.60. The molecule has 3 aromatic rings. The molecule has 0 unspecified atom stereocenters. The largest absolute Gasteiger partial charge is 0.457 e. The smallest absolute Gasteiger partial charge is 0.417 e. The van der Waals surface area contributed by atoms with Gasteiger partial charge in [0.2, 0.25) is 0 Å². The maximum Gasteiger partial charge on any atom is 0.417 e. The number of nitrogens with one attached hydrogen (secondary N) is 2. The maximum atomic E-state index is 14.4. The minimum atomic E-state index is -4.70. The topological polar surface area (TPSA) is 74.1 Å². The van der Waals surface area contributed by atoms with Crippen LogP contribution >= 0.6 is 23.2 Å². The molecule has 0 aromatic heterocycles. The van der Waals surface area contributed by atoms with Crippen LogP contribution in [0, 0.1) is 17.1 Å². The van der Waals surface area contributed by atoms with Crippen LogP contribution in [0.2, 0.25) is 10.0 Å². The molecule has 3 aromatic carbocycles. The van der Waals surface area contributed by atoms with Gasteiger partial charge in [-0.05, 0) is 42.5 Å². The second-order valence-corrected chi connectivity index (χ2v) is 7.08. The van der Waals surface area contributed by atoms with Crippen LogP contribution in [-0.2, 0) is 6.18 Å². The highest BCUT2D eigenvalue weighted by Crippen LogP contribution is 2.36. The van der Waals surface area contributed by atoms with E-state index in [9.17, 15) is 22.4 Å². The first kappa shape index (κ1) is 23.2. The fraction of sp³-hybridized carbons (Fsp3) is 0.0476. The van der Waals surface area contributed by atoms with Gasteiger partial charge in [0.1, 0.15) is 23.4 Å². The molecule has 2 N–H and O–H groups in total. The third-order valence-electron chi connectivity index (χ3n) is 4.02. The molecule has 0 spiro atoms. The predicted octanol–water partition coefficient (Wildman–Crippen LogP) is 7.46. The molecule has 32 heavy (non-hydrogen) atoms. The summed E-state index contributed by atoms with van der Waals surface area (Å²) >= 11 is 11.5. The second-order valence-electron chi connectivity index (χ2n) is 6.27. The van der Waals surface area contributed by atoms with Crippen LogP contribution in [0.1, 0.15) is 11.1 Å². The molecule has 0 saturated carbocycles. The average molecular weight is 484 g/mol. The zero-order valence-corrected chi connectivity index (χ0v) is 17.2. The summed E-state index contributed by atoms with van der Waals surface area (Å²) < 4.78 is 58.6. The van der Waals surface area contributed by atoms with Gasteiger partial charge in [-0.1, -0.05) is 23.2 Å².